The molecule has 2 atom stereocenters. The standard InChI is InChI=1S/C18H18N2O2.C17H16N2O2/c1-12(14-8-5-4-6-9-14)20-13(2)16(18(21)22-3)15-10-7-11-19-17(15)20;1-11(13-7-4-3-5-8-13)19-12(2)15(17(20)21)14-9-6-10-18-16(14)19/h4-12H,1-3H3;3-11H,1-2H3,(H,20,21). The second-order valence-corrected chi connectivity index (χ2v) is 10.4. The number of hydrogen-bond acceptors (Lipinski definition) is 5. The fraction of sp³-hybridized carbons (Fsp3) is 0.200. The third kappa shape index (κ3) is 5.39. The molecular weight excluding hydrogens is 540 g/mol. The van der Waals surface area contributed by atoms with Gasteiger partial charge in [0.25, 0.3) is 0 Å². The average molecular weight is 575 g/mol. The highest BCUT2D eigenvalue weighted by atomic mass is 16.5. The van der Waals surface area contributed by atoms with E-state index in [0.29, 0.717) is 22.2 Å². The van der Waals surface area contributed by atoms with Gasteiger partial charge in [-0.3, -0.25) is 0 Å². The number of methoxy groups -OCH3 is 1. The van der Waals surface area contributed by atoms with Crippen LogP contribution in [0.3, 0.4) is 0 Å². The first-order valence-corrected chi connectivity index (χ1v) is 14.1. The van der Waals surface area contributed by atoms with Crippen LogP contribution in [0.4, 0.5) is 0 Å². The molecule has 0 spiro atoms. The predicted molar refractivity (Wildman–Crippen MR) is 168 cm³/mol. The molecule has 0 aliphatic rings. The molecule has 4 aromatic heterocycles. The fourth-order valence-electron chi connectivity index (χ4n) is 5.86. The minimum Gasteiger partial charge on any atom is -0.478 e. The SMILES string of the molecule is COC(=O)c1c(C)n(C(C)c2ccccc2)c2ncccc12.Cc1c(C(=O)O)c2cccnc2n1C(C)c1ccccc1. The molecule has 2 unspecified atom stereocenters. The van der Waals surface area contributed by atoms with E-state index in [-0.39, 0.29) is 18.1 Å². The zero-order chi connectivity index (χ0) is 30.7. The van der Waals surface area contributed by atoms with Crippen LogP contribution in [0, 0.1) is 13.8 Å². The molecule has 0 bridgehead atoms. The summed E-state index contributed by atoms with van der Waals surface area (Å²) >= 11 is 0. The van der Waals surface area contributed by atoms with Crippen LogP contribution in [0.15, 0.2) is 97.3 Å². The van der Waals surface area contributed by atoms with Crippen molar-refractivity contribution in [3.8, 4) is 0 Å². The van der Waals surface area contributed by atoms with Gasteiger partial charge in [-0.1, -0.05) is 60.7 Å². The molecule has 0 radical (unpaired) electrons. The van der Waals surface area contributed by atoms with Gasteiger partial charge >= 0.3 is 11.9 Å². The van der Waals surface area contributed by atoms with Crippen molar-refractivity contribution in [2.75, 3.05) is 7.11 Å². The van der Waals surface area contributed by atoms with Gasteiger partial charge in [-0.05, 0) is 63.1 Å². The highest BCUT2D eigenvalue weighted by Crippen LogP contribution is 2.32. The molecule has 6 rings (SSSR count). The largest absolute Gasteiger partial charge is 0.478 e. The number of fused-ring (bicyclic) bond motifs is 2. The lowest BCUT2D eigenvalue weighted by Crippen LogP contribution is -2.10. The van der Waals surface area contributed by atoms with Crippen LogP contribution in [0.1, 0.15) is 69.2 Å². The van der Waals surface area contributed by atoms with Crippen molar-refractivity contribution in [1.29, 1.82) is 0 Å². The molecule has 0 aliphatic heterocycles. The molecule has 4 heterocycles. The number of nitrogens with zero attached hydrogens (tertiary/aromatic N) is 4. The van der Waals surface area contributed by atoms with Crippen molar-refractivity contribution in [2.45, 2.75) is 39.8 Å². The number of pyridine rings is 2. The summed E-state index contributed by atoms with van der Waals surface area (Å²) < 4.78 is 9.03. The summed E-state index contributed by atoms with van der Waals surface area (Å²) in [6, 6.07) is 27.6. The van der Waals surface area contributed by atoms with E-state index >= 15 is 0 Å². The Morgan fingerprint density at radius 3 is 1.51 bits per heavy atom. The number of benzene rings is 2. The maximum Gasteiger partial charge on any atom is 0.340 e. The van der Waals surface area contributed by atoms with Gasteiger partial charge < -0.3 is 19.0 Å². The van der Waals surface area contributed by atoms with E-state index in [0.717, 1.165) is 28.0 Å². The average Bonchev–Trinajstić information content (AvgIpc) is 3.51. The summed E-state index contributed by atoms with van der Waals surface area (Å²) in [4.78, 5) is 32.6. The lowest BCUT2D eigenvalue weighted by molar-refractivity contribution is 0.0600. The smallest absolute Gasteiger partial charge is 0.340 e. The number of carbonyl (C=O) groups excluding carboxylic acids is 1. The van der Waals surface area contributed by atoms with E-state index in [2.05, 4.69) is 40.5 Å². The Hall–Kier alpha value is -5.24. The van der Waals surface area contributed by atoms with Crippen LogP contribution >= 0.6 is 0 Å². The molecule has 43 heavy (non-hydrogen) atoms. The normalized spacial score (nSPS) is 12.4. The second-order valence-electron chi connectivity index (χ2n) is 10.4. The molecule has 6 aromatic rings. The zero-order valence-electron chi connectivity index (χ0n) is 24.9. The third-order valence-electron chi connectivity index (χ3n) is 7.96. The quantitative estimate of drug-likeness (QED) is 0.208. The minimum absolute atomic E-state index is 0.0247. The molecule has 0 saturated heterocycles. The summed E-state index contributed by atoms with van der Waals surface area (Å²) in [6.07, 6.45) is 3.44. The highest BCUT2D eigenvalue weighted by Gasteiger charge is 2.25. The van der Waals surface area contributed by atoms with Crippen molar-refractivity contribution in [1.82, 2.24) is 19.1 Å². The van der Waals surface area contributed by atoms with E-state index in [9.17, 15) is 14.7 Å². The van der Waals surface area contributed by atoms with Gasteiger partial charge in [0.2, 0.25) is 0 Å². The molecule has 0 aliphatic carbocycles. The van der Waals surface area contributed by atoms with Gasteiger partial charge in [0.15, 0.2) is 0 Å². The van der Waals surface area contributed by atoms with Crippen LogP contribution in [0.2, 0.25) is 0 Å². The Labute approximate surface area is 250 Å². The molecule has 218 valence electrons. The minimum atomic E-state index is -0.912. The fourth-order valence-corrected chi connectivity index (χ4v) is 5.86. The van der Waals surface area contributed by atoms with E-state index < -0.39 is 5.97 Å². The first-order valence-electron chi connectivity index (χ1n) is 14.1. The van der Waals surface area contributed by atoms with Crippen LogP contribution < -0.4 is 0 Å². The lowest BCUT2D eigenvalue weighted by Gasteiger charge is -2.17. The number of carboxylic acid groups (broad SMARTS) is 1. The van der Waals surface area contributed by atoms with E-state index in [1.807, 2.05) is 85.1 Å². The molecule has 2 aromatic carbocycles. The van der Waals surface area contributed by atoms with Crippen LogP contribution in [-0.2, 0) is 4.74 Å². The topological polar surface area (TPSA) is 99.2 Å². The summed E-state index contributed by atoms with van der Waals surface area (Å²) in [5.41, 5.74) is 6.34. The van der Waals surface area contributed by atoms with Gasteiger partial charge in [0, 0.05) is 34.6 Å². The second kappa shape index (κ2) is 12.3. The summed E-state index contributed by atoms with van der Waals surface area (Å²) in [5.74, 6) is -1.24. The first kappa shape index (κ1) is 29.3. The number of carbonyl (C=O) groups is 2. The van der Waals surface area contributed by atoms with Crippen molar-refractivity contribution in [3.63, 3.8) is 0 Å². The molecular formula is C35H34N4O4. The molecule has 0 amide bonds. The maximum atomic E-state index is 12.2. The van der Waals surface area contributed by atoms with Crippen molar-refractivity contribution >= 4 is 34.0 Å². The number of aromatic carboxylic acids is 1. The number of hydrogen-bond donors (Lipinski definition) is 1. The molecule has 0 saturated carbocycles. The Bertz CT molecular complexity index is 1910. The first-order chi connectivity index (χ1) is 20.8. The zero-order valence-corrected chi connectivity index (χ0v) is 24.9. The van der Waals surface area contributed by atoms with Gasteiger partial charge in [0.05, 0.1) is 30.3 Å². The van der Waals surface area contributed by atoms with Crippen LogP contribution in [0.25, 0.3) is 22.1 Å². The third-order valence-corrected chi connectivity index (χ3v) is 7.96. The molecule has 8 heteroatoms. The molecule has 1 N–H and O–H groups in total. The van der Waals surface area contributed by atoms with Gasteiger partial charge in [-0.15, -0.1) is 0 Å². The number of ether oxygens (including phenoxy) is 1. The number of aromatic nitrogens is 4. The van der Waals surface area contributed by atoms with E-state index in [1.54, 1.807) is 18.5 Å². The Morgan fingerprint density at radius 1 is 0.674 bits per heavy atom. The van der Waals surface area contributed by atoms with Crippen molar-refractivity contribution in [2.24, 2.45) is 0 Å². The summed E-state index contributed by atoms with van der Waals surface area (Å²) in [5, 5.41) is 11.0. The summed E-state index contributed by atoms with van der Waals surface area (Å²) in [7, 11) is 1.40. The monoisotopic (exact) mass is 574 g/mol. The van der Waals surface area contributed by atoms with Gasteiger partial charge in [-0.2, -0.15) is 0 Å². The Kier molecular flexibility index (Phi) is 8.39. The Morgan fingerprint density at radius 2 is 1.09 bits per heavy atom. The summed E-state index contributed by atoms with van der Waals surface area (Å²) in [6.45, 7) is 7.94. The Balaban J connectivity index is 0.000000171. The predicted octanol–water partition coefficient (Wildman–Crippen LogP) is 7.39. The van der Waals surface area contributed by atoms with Crippen molar-refractivity contribution < 1.29 is 19.4 Å². The van der Waals surface area contributed by atoms with Gasteiger partial charge in [-0.25, -0.2) is 19.6 Å². The molecule has 8 nitrogen and oxygen atoms in total. The lowest BCUT2D eigenvalue weighted by atomic mass is 10.1. The van der Waals surface area contributed by atoms with Gasteiger partial charge in [0.1, 0.15) is 11.3 Å². The number of esters is 1. The van der Waals surface area contributed by atoms with Crippen LogP contribution in [0.5, 0.6) is 0 Å². The maximum absolute atomic E-state index is 12.2. The van der Waals surface area contributed by atoms with Crippen LogP contribution in [-0.4, -0.2) is 43.3 Å². The highest BCUT2D eigenvalue weighted by molar-refractivity contribution is 6.05. The van der Waals surface area contributed by atoms with E-state index in [1.165, 1.54) is 12.7 Å². The van der Waals surface area contributed by atoms with E-state index in [4.69, 9.17) is 4.74 Å². The number of carboxylic acids is 1. The number of rotatable bonds is 6. The molecule has 0 fully saturated rings. The van der Waals surface area contributed by atoms with Crippen molar-refractivity contribution in [3.05, 3.63) is 131 Å².